The van der Waals surface area contributed by atoms with Crippen LogP contribution in [0.15, 0.2) is 34.9 Å². The number of carbonyl (C=O) groups is 2. The Labute approximate surface area is 150 Å². The number of nitrogens with zero attached hydrogens (tertiary/aromatic N) is 2. The Morgan fingerprint density at radius 1 is 1.35 bits per heavy atom. The van der Waals surface area contributed by atoms with Crippen molar-refractivity contribution in [3.8, 4) is 17.5 Å². The number of hydrogen-bond acceptors (Lipinski definition) is 6. The molecule has 8 nitrogen and oxygen atoms in total. The zero-order chi connectivity index (χ0) is 19.3. The van der Waals surface area contributed by atoms with Crippen LogP contribution in [-0.4, -0.2) is 33.8 Å². The highest BCUT2D eigenvalue weighted by Gasteiger charge is 2.24. The second-order valence-electron chi connectivity index (χ2n) is 6.59. The lowest BCUT2D eigenvalue weighted by Crippen LogP contribution is -2.44. The SMILES string of the molecule is CC(C)(C)OC(=O)NC(Cc1ccc(-c2nc(C#N)co2)cc1)C(=O)O. The summed E-state index contributed by atoms with van der Waals surface area (Å²) in [5, 5.41) is 20.4. The molecule has 136 valence electrons. The molecule has 2 aromatic rings. The minimum Gasteiger partial charge on any atom is -0.480 e. The van der Waals surface area contributed by atoms with Crippen LogP contribution in [0, 0.1) is 11.3 Å². The number of nitriles is 1. The van der Waals surface area contributed by atoms with Crippen LogP contribution in [0.1, 0.15) is 32.0 Å². The lowest BCUT2D eigenvalue weighted by Gasteiger charge is -2.22. The summed E-state index contributed by atoms with van der Waals surface area (Å²) in [5.41, 5.74) is 0.815. The molecule has 2 rings (SSSR count). The summed E-state index contributed by atoms with van der Waals surface area (Å²) in [5.74, 6) is -0.860. The van der Waals surface area contributed by atoms with Gasteiger partial charge in [0.25, 0.3) is 0 Å². The van der Waals surface area contributed by atoms with Crippen LogP contribution in [-0.2, 0) is 16.0 Å². The number of carboxylic acids is 1. The molecule has 1 heterocycles. The number of nitrogens with one attached hydrogen (secondary N) is 1. The van der Waals surface area contributed by atoms with Crippen LogP contribution in [0.25, 0.3) is 11.5 Å². The Kier molecular flexibility index (Phi) is 5.62. The summed E-state index contributed by atoms with van der Waals surface area (Å²) in [6.45, 7) is 5.09. The number of aliphatic carboxylic acids is 1. The number of rotatable bonds is 5. The fourth-order valence-electron chi connectivity index (χ4n) is 2.13. The van der Waals surface area contributed by atoms with Gasteiger partial charge in [0.1, 0.15) is 24.0 Å². The zero-order valence-electron chi connectivity index (χ0n) is 14.6. The van der Waals surface area contributed by atoms with Crippen molar-refractivity contribution in [3.05, 3.63) is 41.8 Å². The molecule has 1 atom stereocenters. The van der Waals surface area contributed by atoms with E-state index in [1.54, 1.807) is 45.0 Å². The average Bonchev–Trinajstić information content (AvgIpc) is 3.02. The van der Waals surface area contributed by atoms with Crippen LogP contribution >= 0.6 is 0 Å². The van der Waals surface area contributed by atoms with Gasteiger partial charge in [-0.1, -0.05) is 12.1 Å². The maximum absolute atomic E-state index is 11.8. The minimum atomic E-state index is -1.16. The van der Waals surface area contributed by atoms with Gasteiger partial charge in [0.15, 0.2) is 5.69 Å². The molecule has 0 aliphatic heterocycles. The van der Waals surface area contributed by atoms with E-state index in [0.29, 0.717) is 17.0 Å². The quantitative estimate of drug-likeness (QED) is 0.842. The van der Waals surface area contributed by atoms with Gasteiger partial charge in [-0.25, -0.2) is 9.59 Å². The zero-order valence-corrected chi connectivity index (χ0v) is 14.6. The molecule has 26 heavy (non-hydrogen) atoms. The van der Waals surface area contributed by atoms with Gasteiger partial charge in [0.2, 0.25) is 5.89 Å². The predicted molar refractivity (Wildman–Crippen MR) is 91.2 cm³/mol. The molecule has 1 amide bonds. The molecular formula is C18H19N3O5. The Bertz CT molecular complexity index is 828. The summed E-state index contributed by atoms with van der Waals surface area (Å²) >= 11 is 0. The molecule has 0 spiro atoms. The van der Waals surface area contributed by atoms with E-state index >= 15 is 0 Å². The second kappa shape index (κ2) is 7.70. The number of carbonyl (C=O) groups excluding carboxylic acids is 1. The number of benzene rings is 1. The highest BCUT2D eigenvalue weighted by atomic mass is 16.6. The maximum Gasteiger partial charge on any atom is 0.408 e. The van der Waals surface area contributed by atoms with E-state index in [9.17, 15) is 14.7 Å². The van der Waals surface area contributed by atoms with E-state index in [1.165, 1.54) is 6.26 Å². The van der Waals surface area contributed by atoms with Crippen molar-refractivity contribution in [2.45, 2.75) is 38.8 Å². The van der Waals surface area contributed by atoms with Crippen molar-refractivity contribution in [2.75, 3.05) is 0 Å². The Morgan fingerprint density at radius 3 is 2.50 bits per heavy atom. The third-order valence-electron chi connectivity index (χ3n) is 3.25. The third-order valence-corrected chi connectivity index (χ3v) is 3.25. The topological polar surface area (TPSA) is 125 Å². The highest BCUT2D eigenvalue weighted by molar-refractivity contribution is 5.80. The first-order valence-electron chi connectivity index (χ1n) is 7.85. The molecule has 1 unspecified atom stereocenters. The number of carboxylic acid groups (broad SMARTS) is 1. The molecule has 1 aromatic carbocycles. The number of alkyl carbamates (subject to hydrolysis) is 1. The molecule has 1 aromatic heterocycles. The summed E-state index contributed by atoms with van der Waals surface area (Å²) in [4.78, 5) is 27.2. The average molecular weight is 357 g/mol. The van der Waals surface area contributed by atoms with Crippen LogP contribution < -0.4 is 5.32 Å². The molecule has 0 saturated heterocycles. The lowest BCUT2D eigenvalue weighted by atomic mass is 10.0. The largest absolute Gasteiger partial charge is 0.480 e. The Morgan fingerprint density at radius 2 is 2.00 bits per heavy atom. The molecule has 0 saturated carbocycles. The Hall–Kier alpha value is -3.34. The molecule has 0 radical (unpaired) electrons. The smallest absolute Gasteiger partial charge is 0.408 e. The maximum atomic E-state index is 11.8. The molecule has 2 N–H and O–H groups in total. The van der Waals surface area contributed by atoms with E-state index in [2.05, 4.69) is 10.3 Å². The van der Waals surface area contributed by atoms with Crippen molar-refractivity contribution < 1.29 is 23.8 Å². The lowest BCUT2D eigenvalue weighted by molar-refractivity contribution is -0.139. The van der Waals surface area contributed by atoms with E-state index < -0.39 is 23.7 Å². The van der Waals surface area contributed by atoms with E-state index in [1.807, 2.05) is 6.07 Å². The van der Waals surface area contributed by atoms with E-state index in [4.69, 9.17) is 14.4 Å². The summed E-state index contributed by atoms with van der Waals surface area (Å²) in [6.07, 6.45) is 0.559. The molecule has 8 heteroatoms. The van der Waals surface area contributed by atoms with Crippen molar-refractivity contribution in [2.24, 2.45) is 0 Å². The number of ether oxygens (including phenoxy) is 1. The van der Waals surface area contributed by atoms with Gasteiger partial charge in [0.05, 0.1) is 0 Å². The standard InChI is InChI=1S/C18H19N3O5/c1-18(2,3)26-17(24)21-14(16(22)23)8-11-4-6-12(7-5-11)15-20-13(9-19)10-25-15/h4-7,10,14H,8H2,1-3H3,(H,21,24)(H,22,23). The van der Waals surface area contributed by atoms with Crippen LogP contribution in [0.5, 0.6) is 0 Å². The fourth-order valence-corrected chi connectivity index (χ4v) is 2.13. The molecule has 0 bridgehead atoms. The van der Waals surface area contributed by atoms with Crippen molar-refractivity contribution in [3.63, 3.8) is 0 Å². The van der Waals surface area contributed by atoms with Crippen molar-refractivity contribution >= 4 is 12.1 Å². The molecule has 0 fully saturated rings. The predicted octanol–water partition coefficient (Wildman–Crippen LogP) is 2.73. The van der Waals surface area contributed by atoms with Gasteiger partial charge in [-0.2, -0.15) is 10.2 Å². The number of amides is 1. The summed E-state index contributed by atoms with van der Waals surface area (Å²) in [7, 11) is 0. The van der Waals surface area contributed by atoms with Crippen molar-refractivity contribution in [1.29, 1.82) is 5.26 Å². The first-order chi connectivity index (χ1) is 12.2. The molecule has 0 aliphatic rings. The van der Waals surface area contributed by atoms with Crippen LogP contribution in [0.2, 0.25) is 0 Å². The van der Waals surface area contributed by atoms with Gasteiger partial charge >= 0.3 is 12.1 Å². The monoisotopic (exact) mass is 357 g/mol. The number of oxazole rings is 1. The van der Waals surface area contributed by atoms with Crippen LogP contribution in [0.3, 0.4) is 0 Å². The third kappa shape index (κ3) is 5.34. The number of hydrogen-bond donors (Lipinski definition) is 2. The summed E-state index contributed by atoms with van der Waals surface area (Å²) in [6, 6.07) is 7.58. The van der Waals surface area contributed by atoms with Crippen LogP contribution in [0.4, 0.5) is 4.79 Å². The number of aromatic nitrogens is 1. The van der Waals surface area contributed by atoms with Crippen molar-refractivity contribution in [1.82, 2.24) is 10.3 Å². The van der Waals surface area contributed by atoms with Gasteiger partial charge in [0, 0.05) is 12.0 Å². The first-order valence-corrected chi connectivity index (χ1v) is 7.85. The van der Waals surface area contributed by atoms with Gasteiger partial charge in [-0.3, -0.25) is 0 Å². The minimum absolute atomic E-state index is 0.0872. The van der Waals surface area contributed by atoms with E-state index in [-0.39, 0.29) is 12.1 Å². The van der Waals surface area contributed by atoms with E-state index in [0.717, 1.165) is 0 Å². The first kappa shape index (κ1) is 19.0. The van der Waals surface area contributed by atoms with Gasteiger partial charge < -0.3 is 19.6 Å². The molecule has 0 aliphatic carbocycles. The second-order valence-corrected chi connectivity index (χ2v) is 6.59. The normalized spacial score (nSPS) is 12.1. The Balaban J connectivity index is 2.06. The summed E-state index contributed by atoms with van der Waals surface area (Å²) < 4.78 is 10.3. The fraction of sp³-hybridized carbons (Fsp3) is 0.333. The highest BCUT2D eigenvalue weighted by Crippen LogP contribution is 2.19. The molecular weight excluding hydrogens is 338 g/mol. The van der Waals surface area contributed by atoms with Gasteiger partial charge in [-0.15, -0.1) is 0 Å². The van der Waals surface area contributed by atoms with Gasteiger partial charge in [-0.05, 0) is 38.5 Å².